The quantitative estimate of drug-likeness (QED) is 0.911. The number of likely N-dealkylation sites (tertiary alicyclic amines) is 1. The number of aromatic nitrogens is 2. The van der Waals surface area contributed by atoms with Crippen molar-refractivity contribution >= 4 is 23.5 Å². The van der Waals surface area contributed by atoms with Crippen molar-refractivity contribution in [2.45, 2.75) is 31.7 Å². The van der Waals surface area contributed by atoms with Crippen LogP contribution >= 0.6 is 11.6 Å². The average Bonchev–Trinajstić information content (AvgIpc) is 2.83. The summed E-state index contributed by atoms with van der Waals surface area (Å²) >= 11 is 5.62. The van der Waals surface area contributed by atoms with Crippen molar-refractivity contribution in [3.63, 3.8) is 0 Å². The van der Waals surface area contributed by atoms with Gasteiger partial charge in [0.15, 0.2) is 10.8 Å². The van der Waals surface area contributed by atoms with Crippen molar-refractivity contribution in [3.8, 4) is 0 Å². The molecule has 19 heavy (non-hydrogen) atoms. The Kier molecular flexibility index (Phi) is 3.71. The molecule has 1 aliphatic heterocycles. The molecule has 102 valence electrons. The molecule has 1 atom stereocenters. The maximum Gasteiger partial charge on any atom is 0.329 e. The van der Waals surface area contributed by atoms with Gasteiger partial charge in [-0.1, -0.05) is 18.5 Å². The molecule has 1 amide bonds. The molecule has 0 aliphatic carbocycles. The van der Waals surface area contributed by atoms with Gasteiger partial charge in [-0.05, 0) is 31.4 Å². The van der Waals surface area contributed by atoms with Crippen LogP contribution in [0.3, 0.4) is 0 Å². The number of hydrogen-bond acceptors (Lipinski definition) is 4. The Hall–Kier alpha value is -1.69. The lowest BCUT2D eigenvalue weighted by Gasteiger charge is -2.33. The monoisotopic (exact) mass is 283 g/mol. The zero-order chi connectivity index (χ0) is 14.0. The molecule has 1 aromatic rings. The van der Waals surface area contributed by atoms with E-state index in [1.165, 1.54) is 17.0 Å². The van der Waals surface area contributed by atoms with Crippen LogP contribution in [0.1, 0.15) is 36.7 Å². The molecule has 0 aromatic carbocycles. The minimum atomic E-state index is -1.13. The summed E-state index contributed by atoms with van der Waals surface area (Å²) in [5.41, 5.74) is -1.01. The molecular formula is C12H14ClN3O3. The van der Waals surface area contributed by atoms with Gasteiger partial charge < -0.3 is 10.0 Å². The van der Waals surface area contributed by atoms with E-state index in [0.29, 0.717) is 25.8 Å². The van der Waals surface area contributed by atoms with Gasteiger partial charge in [-0.2, -0.15) is 0 Å². The van der Waals surface area contributed by atoms with Gasteiger partial charge >= 0.3 is 5.97 Å². The van der Waals surface area contributed by atoms with Gasteiger partial charge in [-0.25, -0.2) is 4.79 Å². The van der Waals surface area contributed by atoms with Crippen LogP contribution in [-0.2, 0) is 4.79 Å². The van der Waals surface area contributed by atoms with Gasteiger partial charge in [0.1, 0.15) is 5.54 Å². The largest absolute Gasteiger partial charge is 0.479 e. The van der Waals surface area contributed by atoms with Gasteiger partial charge in [-0.3, -0.25) is 4.79 Å². The minimum Gasteiger partial charge on any atom is -0.479 e. The standard InChI is InChI=1S/C12H14ClN3O3/c1-2-12(11(18)19)6-3-7-16(12)10(17)8-4-5-9(13)15-14-8/h4-5H,2-3,6-7H2,1H3,(H,18,19). The Bertz CT molecular complexity index is 505. The molecule has 0 bridgehead atoms. The summed E-state index contributed by atoms with van der Waals surface area (Å²) in [4.78, 5) is 25.2. The number of amides is 1. The first kappa shape index (κ1) is 13.7. The molecule has 0 spiro atoms. The third-order valence-corrected chi connectivity index (χ3v) is 3.77. The van der Waals surface area contributed by atoms with Gasteiger partial charge in [0, 0.05) is 6.54 Å². The van der Waals surface area contributed by atoms with Crippen LogP contribution in [-0.4, -0.2) is 44.2 Å². The van der Waals surface area contributed by atoms with E-state index < -0.39 is 17.4 Å². The number of carbonyl (C=O) groups excluding carboxylic acids is 1. The maximum absolute atomic E-state index is 12.4. The van der Waals surface area contributed by atoms with E-state index in [1.54, 1.807) is 6.92 Å². The van der Waals surface area contributed by atoms with E-state index in [4.69, 9.17) is 11.6 Å². The average molecular weight is 284 g/mol. The molecule has 1 unspecified atom stereocenters. The first-order valence-corrected chi connectivity index (χ1v) is 6.43. The van der Waals surface area contributed by atoms with Gasteiger partial charge in [0.05, 0.1) is 0 Å². The van der Waals surface area contributed by atoms with E-state index in [1.807, 2.05) is 0 Å². The van der Waals surface area contributed by atoms with Crippen molar-refractivity contribution in [2.75, 3.05) is 6.54 Å². The zero-order valence-corrected chi connectivity index (χ0v) is 11.2. The van der Waals surface area contributed by atoms with E-state index in [2.05, 4.69) is 10.2 Å². The Balaban J connectivity index is 2.32. The molecule has 7 heteroatoms. The van der Waals surface area contributed by atoms with Crippen LogP contribution in [0.25, 0.3) is 0 Å². The smallest absolute Gasteiger partial charge is 0.329 e. The fourth-order valence-corrected chi connectivity index (χ4v) is 2.58. The zero-order valence-electron chi connectivity index (χ0n) is 10.5. The number of aliphatic carboxylic acids is 1. The highest BCUT2D eigenvalue weighted by molar-refractivity contribution is 6.29. The van der Waals surface area contributed by atoms with Crippen LogP contribution in [0.2, 0.25) is 5.15 Å². The number of carbonyl (C=O) groups is 2. The minimum absolute atomic E-state index is 0.116. The van der Waals surface area contributed by atoms with Gasteiger partial charge in [-0.15, -0.1) is 10.2 Å². The van der Waals surface area contributed by atoms with Crippen molar-refractivity contribution < 1.29 is 14.7 Å². The summed E-state index contributed by atoms with van der Waals surface area (Å²) in [7, 11) is 0. The molecule has 2 heterocycles. The highest BCUT2D eigenvalue weighted by atomic mass is 35.5. The number of rotatable bonds is 3. The number of carboxylic acid groups (broad SMARTS) is 1. The third-order valence-electron chi connectivity index (χ3n) is 3.57. The molecule has 2 rings (SSSR count). The fraction of sp³-hybridized carbons (Fsp3) is 0.500. The molecular weight excluding hydrogens is 270 g/mol. The van der Waals surface area contributed by atoms with E-state index in [0.717, 1.165) is 0 Å². The van der Waals surface area contributed by atoms with Crippen molar-refractivity contribution in [1.82, 2.24) is 15.1 Å². The van der Waals surface area contributed by atoms with Crippen molar-refractivity contribution in [3.05, 3.63) is 23.0 Å². The molecule has 1 fully saturated rings. The number of carboxylic acids is 1. The summed E-state index contributed by atoms with van der Waals surface area (Å²) in [6.45, 7) is 2.19. The summed E-state index contributed by atoms with van der Waals surface area (Å²) in [5.74, 6) is -1.38. The molecule has 6 nitrogen and oxygen atoms in total. The molecule has 1 aliphatic rings. The summed E-state index contributed by atoms with van der Waals surface area (Å²) in [6, 6.07) is 2.92. The summed E-state index contributed by atoms with van der Waals surface area (Å²) < 4.78 is 0. The third kappa shape index (κ3) is 2.28. The Labute approximate surface area is 115 Å². The Morgan fingerprint density at radius 3 is 2.74 bits per heavy atom. The molecule has 1 saturated heterocycles. The first-order valence-electron chi connectivity index (χ1n) is 6.06. The van der Waals surface area contributed by atoms with Crippen molar-refractivity contribution in [2.24, 2.45) is 0 Å². The second-order valence-electron chi connectivity index (χ2n) is 4.49. The molecule has 1 N–H and O–H groups in total. The van der Waals surface area contributed by atoms with Crippen LogP contribution in [0, 0.1) is 0 Å². The first-order chi connectivity index (χ1) is 9.01. The Morgan fingerprint density at radius 1 is 1.47 bits per heavy atom. The topological polar surface area (TPSA) is 83.4 Å². The number of hydrogen-bond donors (Lipinski definition) is 1. The van der Waals surface area contributed by atoms with Crippen LogP contribution in [0.5, 0.6) is 0 Å². The van der Waals surface area contributed by atoms with Gasteiger partial charge in [0.2, 0.25) is 0 Å². The lowest BCUT2D eigenvalue weighted by Crippen LogP contribution is -2.52. The van der Waals surface area contributed by atoms with Crippen LogP contribution < -0.4 is 0 Å². The lowest BCUT2D eigenvalue weighted by atomic mass is 9.93. The van der Waals surface area contributed by atoms with E-state index in [-0.39, 0.29) is 10.8 Å². The van der Waals surface area contributed by atoms with Crippen LogP contribution in [0.4, 0.5) is 0 Å². The predicted molar refractivity (Wildman–Crippen MR) is 68.0 cm³/mol. The van der Waals surface area contributed by atoms with Crippen molar-refractivity contribution in [1.29, 1.82) is 0 Å². The molecule has 1 aromatic heterocycles. The molecule has 0 saturated carbocycles. The second-order valence-corrected chi connectivity index (χ2v) is 4.88. The van der Waals surface area contributed by atoms with E-state index >= 15 is 0 Å². The van der Waals surface area contributed by atoms with E-state index in [9.17, 15) is 14.7 Å². The lowest BCUT2D eigenvalue weighted by molar-refractivity contribution is -0.148. The highest BCUT2D eigenvalue weighted by Crippen LogP contribution is 2.33. The number of halogens is 1. The van der Waals surface area contributed by atoms with Gasteiger partial charge in [0.25, 0.3) is 5.91 Å². The number of nitrogens with zero attached hydrogens (tertiary/aromatic N) is 3. The SMILES string of the molecule is CCC1(C(=O)O)CCCN1C(=O)c1ccc(Cl)nn1. The highest BCUT2D eigenvalue weighted by Gasteiger charge is 2.48. The Morgan fingerprint density at radius 2 is 2.21 bits per heavy atom. The maximum atomic E-state index is 12.4. The molecule has 0 radical (unpaired) electrons. The summed E-state index contributed by atoms with van der Waals surface area (Å²) in [6.07, 6.45) is 1.51. The normalized spacial score (nSPS) is 22.5. The fourth-order valence-electron chi connectivity index (χ4n) is 2.48. The predicted octanol–water partition coefficient (Wildman–Crippen LogP) is 1.60. The second kappa shape index (κ2) is 5.13. The van der Waals surface area contributed by atoms with Crippen LogP contribution in [0.15, 0.2) is 12.1 Å². The summed E-state index contributed by atoms with van der Waals surface area (Å²) in [5, 5.41) is 16.9.